The quantitative estimate of drug-likeness (QED) is 0.928. The predicted molar refractivity (Wildman–Crippen MR) is 77.7 cm³/mol. The Kier molecular flexibility index (Phi) is 5.35. The van der Waals surface area contributed by atoms with Crippen molar-refractivity contribution in [2.75, 3.05) is 18.6 Å². The second kappa shape index (κ2) is 6.34. The molecule has 1 aromatic carbocycles. The van der Waals surface area contributed by atoms with Crippen LogP contribution in [0, 0.1) is 18.8 Å². The Morgan fingerprint density at radius 2 is 2.06 bits per heavy atom. The van der Waals surface area contributed by atoms with Crippen LogP contribution in [-0.4, -0.2) is 24.7 Å². The minimum atomic E-state index is -0.353. The first kappa shape index (κ1) is 15.2. The predicted octanol–water partition coefficient (Wildman–Crippen LogP) is 2.98. The number of carbonyl (C=O) groups is 1. The normalized spacial score (nSPS) is 12.6. The van der Waals surface area contributed by atoms with Crippen LogP contribution in [0.1, 0.15) is 19.4 Å². The number of aryl methyl sites for hydroxylation is 1. The molecule has 0 heterocycles. The molecule has 0 saturated carbocycles. The van der Waals surface area contributed by atoms with Crippen molar-refractivity contribution in [3.63, 3.8) is 0 Å². The van der Waals surface area contributed by atoms with Crippen molar-refractivity contribution in [3.05, 3.63) is 28.2 Å². The lowest BCUT2D eigenvalue weighted by Gasteiger charge is -2.26. The smallest absolute Gasteiger partial charge is 0.232 e. The summed E-state index contributed by atoms with van der Waals surface area (Å²) >= 11 is 3.41. The molecule has 0 aromatic heterocycles. The van der Waals surface area contributed by atoms with Gasteiger partial charge in [-0.1, -0.05) is 35.8 Å². The van der Waals surface area contributed by atoms with E-state index in [1.165, 1.54) is 0 Å². The van der Waals surface area contributed by atoms with Crippen molar-refractivity contribution >= 4 is 27.5 Å². The Balaban J connectivity index is 3.02. The zero-order valence-corrected chi connectivity index (χ0v) is 12.9. The summed E-state index contributed by atoms with van der Waals surface area (Å²) in [6.07, 6.45) is 0. The van der Waals surface area contributed by atoms with Crippen LogP contribution in [0.5, 0.6) is 0 Å². The zero-order valence-electron chi connectivity index (χ0n) is 11.3. The number of rotatable bonds is 4. The third-order valence-corrected chi connectivity index (χ3v) is 3.68. The highest BCUT2D eigenvalue weighted by Gasteiger charge is 2.25. The highest BCUT2D eigenvalue weighted by molar-refractivity contribution is 9.10. The van der Waals surface area contributed by atoms with Gasteiger partial charge in [0, 0.05) is 17.2 Å². The lowest BCUT2D eigenvalue weighted by atomic mass is 9.95. The summed E-state index contributed by atoms with van der Waals surface area (Å²) in [6, 6.07) is 5.83. The summed E-state index contributed by atoms with van der Waals surface area (Å²) in [4.78, 5) is 14.0. The van der Waals surface area contributed by atoms with E-state index in [2.05, 4.69) is 15.9 Å². The fourth-order valence-corrected chi connectivity index (χ4v) is 2.23. The monoisotopic (exact) mass is 313 g/mol. The van der Waals surface area contributed by atoms with Gasteiger partial charge in [-0.2, -0.15) is 0 Å². The van der Waals surface area contributed by atoms with Crippen LogP contribution in [0.25, 0.3) is 0 Å². The number of hydrogen-bond acceptors (Lipinski definition) is 2. The highest BCUT2D eigenvalue weighted by Crippen LogP contribution is 2.26. The van der Waals surface area contributed by atoms with Gasteiger partial charge in [-0.15, -0.1) is 0 Å². The van der Waals surface area contributed by atoms with Gasteiger partial charge in [-0.05, 0) is 30.5 Å². The Morgan fingerprint density at radius 1 is 1.44 bits per heavy atom. The third kappa shape index (κ3) is 3.33. The Morgan fingerprint density at radius 3 is 2.56 bits per heavy atom. The van der Waals surface area contributed by atoms with Gasteiger partial charge in [0.25, 0.3) is 0 Å². The van der Waals surface area contributed by atoms with E-state index >= 15 is 0 Å². The first-order chi connectivity index (χ1) is 8.38. The first-order valence-corrected chi connectivity index (χ1v) is 6.82. The summed E-state index contributed by atoms with van der Waals surface area (Å²) in [6.45, 7) is 5.74. The van der Waals surface area contributed by atoms with Gasteiger partial charge in [0.1, 0.15) is 0 Å². The molecule has 4 heteroatoms. The molecule has 0 radical (unpaired) electrons. The molecule has 0 fully saturated rings. The number of halogens is 1. The van der Waals surface area contributed by atoms with Gasteiger partial charge < -0.3 is 10.0 Å². The molecule has 0 aliphatic rings. The van der Waals surface area contributed by atoms with Crippen LogP contribution in [0.3, 0.4) is 0 Å². The maximum atomic E-state index is 12.3. The van der Waals surface area contributed by atoms with E-state index in [4.69, 9.17) is 0 Å². The van der Waals surface area contributed by atoms with Crippen molar-refractivity contribution in [2.24, 2.45) is 11.8 Å². The van der Waals surface area contributed by atoms with Gasteiger partial charge in [-0.3, -0.25) is 4.79 Å². The van der Waals surface area contributed by atoms with Crippen LogP contribution in [0.15, 0.2) is 22.7 Å². The molecule has 0 spiro atoms. The van der Waals surface area contributed by atoms with Crippen molar-refractivity contribution < 1.29 is 9.90 Å². The Labute approximate surface area is 117 Å². The number of carbonyl (C=O) groups excluding carboxylic acids is 1. The summed E-state index contributed by atoms with van der Waals surface area (Å²) < 4.78 is 0.938. The minimum absolute atomic E-state index is 0.0475. The molecule has 1 N–H and O–H groups in total. The molecular weight excluding hydrogens is 294 g/mol. The van der Waals surface area contributed by atoms with E-state index in [0.717, 1.165) is 15.7 Å². The number of amides is 1. The number of aliphatic hydroxyl groups excluding tert-OH is 1. The second-order valence-corrected chi connectivity index (χ2v) is 5.78. The van der Waals surface area contributed by atoms with Gasteiger partial charge in [-0.25, -0.2) is 0 Å². The molecule has 3 nitrogen and oxygen atoms in total. The number of nitrogens with zero attached hydrogens (tertiary/aromatic N) is 1. The fourth-order valence-electron chi connectivity index (χ4n) is 1.89. The van der Waals surface area contributed by atoms with Crippen LogP contribution >= 0.6 is 15.9 Å². The molecule has 0 aliphatic carbocycles. The lowest BCUT2D eigenvalue weighted by Crippen LogP contribution is -2.37. The van der Waals surface area contributed by atoms with Gasteiger partial charge in [0.05, 0.1) is 12.5 Å². The summed E-state index contributed by atoms with van der Waals surface area (Å²) in [5.41, 5.74) is 1.91. The maximum absolute atomic E-state index is 12.3. The number of hydrogen-bond donors (Lipinski definition) is 1. The first-order valence-electron chi connectivity index (χ1n) is 6.03. The van der Waals surface area contributed by atoms with Crippen molar-refractivity contribution in [1.29, 1.82) is 0 Å². The lowest BCUT2D eigenvalue weighted by molar-refractivity contribution is -0.124. The molecule has 1 atom stereocenters. The van der Waals surface area contributed by atoms with Gasteiger partial charge in [0.15, 0.2) is 0 Å². The van der Waals surface area contributed by atoms with E-state index < -0.39 is 0 Å². The average molecular weight is 314 g/mol. The van der Waals surface area contributed by atoms with Crippen LogP contribution in [0.4, 0.5) is 5.69 Å². The minimum Gasteiger partial charge on any atom is -0.396 e. The van der Waals surface area contributed by atoms with Crippen molar-refractivity contribution in [1.82, 2.24) is 0 Å². The zero-order chi connectivity index (χ0) is 13.9. The number of benzene rings is 1. The van der Waals surface area contributed by atoms with E-state index in [1.54, 1.807) is 11.9 Å². The summed E-state index contributed by atoms with van der Waals surface area (Å²) in [5.74, 6) is -0.278. The number of anilines is 1. The fraction of sp³-hybridized carbons (Fsp3) is 0.500. The second-order valence-electron chi connectivity index (χ2n) is 4.86. The Bertz CT molecular complexity index is 432. The molecule has 1 aromatic rings. The average Bonchev–Trinajstić information content (AvgIpc) is 2.31. The molecule has 1 rings (SSSR count). The van der Waals surface area contributed by atoms with E-state index in [-0.39, 0.29) is 24.3 Å². The van der Waals surface area contributed by atoms with Gasteiger partial charge >= 0.3 is 0 Å². The molecule has 18 heavy (non-hydrogen) atoms. The van der Waals surface area contributed by atoms with Crippen molar-refractivity contribution in [2.45, 2.75) is 20.8 Å². The third-order valence-electron chi connectivity index (χ3n) is 3.18. The van der Waals surface area contributed by atoms with Crippen molar-refractivity contribution in [3.8, 4) is 0 Å². The van der Waals surface area contributed by atoms with Gasteiger partial charge in [0.2, 0.25) is 5.91 Å². The molecule has 1 unspecified atom stereocenters. The van der Waals surface area contributed by atoms with E-state index in [0.29, 0.717) is 0 Å². The molecule has 100 valence electrons. The summed E-state index contributed by atoms with van der Waals surface area (Å²) in [5, 5.41) is 9.33. The number of aliphatic hydroxyl groups is 1. The largest absolute Gasteiger partial charge is 0.396 e. The van der Waals surface area contributed by atoms with Crippen LogP contribution in [-0.2, 0) is 4.79 Å². The van der Waals surface area contributed by atoms with E-state index in [9.17, 15) is 9.90 Å². The maximum Gasteiger partial charge on any atom is 0.232 e. The molecule has 0 saturated heterocycles. The van der Waals surface area contributed by atoms with Crippen LogP contribution < -0.4 is 4.90 Å². The molecule has 0 aliphatic heterocycles. The topological polar surface area (TPSA) is 40.5 Å². The Hall–Kier alpha value is -0.870. The molecule has 1 amide bonds. The molecular formula is C14H20BrNO2. The standard InChI is InChI=1S/C14H20BrNO2/c1-9(2)12(8-17)14(18)16(4)13-7-11(15)6-5-10(13)3/h5-7,9,12,17H,8H2,1-4H3. The SMILES string of the molecule is Cc1ccc(Br)cc1N(C)C(=O)C(CO)C(C)C. The van der Waals surface area contributed by atoms with E-state index in [1.807, 2.05) is 39.0 Å². The highest BCUT2D eigenvalue weighted by atomic mass is 79.9. The summed E-state index contributed by atoms with van der Waals surface area (Å²) in [7, 11) is 1.75. The van der Waals surface area contributed by atoms with Crippen LogP contribution in [0.2, 0.25) is 0 Å². The molecule has 0 bridgehead atoms.